The van der Waals surface area contributed by atoms with Crippen LogP contribution >= 0.6 is 0 Å². The van der Waals surface area contributed by atoms with E-state index in [-0.39, 0.29) is 13.0 Å². The predicted molar refractivity (Wildman–Crippen MR) is 104 cm³/mol. The van der Waals surface area contributed by atoms with Gasteiger partial charge in [0.2, 0.25) is 5.91 Å². The molecular formula is C19H33NO11. The first-order valence-electron chi connectivity index (χ1n) is 10.1. The number of amides is 1. The van der Waals surface area contributed by atoms with E-state index in [0.717, 1.165) is 0 Å². The average molecular weight is 451 g/mol. The summed E-state index contributed by atoms with van der Waals surface area (Å²) < 4.78 is 22.2. The van der Waals surface area contributed by atoms with Gasteiger partial charge in [0.1, 0.15) is 42.7 Å². The van der Waals surface area contributed by atoms with E-state index in [2.05, 4.69) is 11.9 Å². The fraction of sp³-hybridized carbons (Fsp3) is 0.842. The smallest absolute Gasteiger partial charge is 0.217 e. The molecular weight excluding hydrogens is 418 g/mol. The summed E-state index contributed by atoms with van der Waals surface area (Å²) in [6.07, 6.45) is -10.3. The average Bonchev–Trinajstić information content (AvgIpc) is 2.74. The quantitative estimate of drug-likeness (QED) is 0.128. The third-order valence-electron chi connectivity index (χ3n) is 5.29. The molecule has 2 heterocycles. The van der Waals surface area contributed by atoms with Crippen molar-refractivity contribution in [2.75, 3.05) is 26.4 Å². The second-order valence-electron chi connectivity index (χ2n) is 7.56. The summed E-state index contributed by atoms with van der Waals surface area (Å²) in [7, 11) is 0. The minimum absolute atomic E-state index is 0.230. The van der Waals surface area contributed by atoms with Gasteiger partial charge < -0.3 is 54.9 Å². The third-order valence-corrected chi connectivity index (χ3v) is 5.29. The molecule has 12 nitrogen and oxygen atoms in total. The number of hydrogen-bond acceptors (Lipinski definition) is 11. The lowest BCUT2D eigenvalue weighted by Crippen LogP contribution is -2.67. The number of carbonyl (C=O) groups is 1. The molecule has 10 atom stereocenters. The lowest BCUT2D eigenvalue weighted by molar-refractivity contribution is -0.332. The maximum atomic E-state index is 11.8. The molecule has 1 amide bonds. The number of rotatable bonds is 10. The van der Waals surface area contributed by atoms with Gasteiger partial charge in [0.25, 0.3) is 0 Å². The molecule has 0 bridgehead atoms. The Morgan fingerprint density at radius 1 is 1.00 bits per heavy atom. The zero-order valence-electron chi connectivity index (χ0n) is 17.3. The maximum absolute atomic E-state index is 11.8. The lowest BCUT2D eigenvalue weighted by Gasteiger charge is -2.47. The van der Waals surface area contributed by atoms with Crippen molar-refractivity contribution in [1.82, 2.24) is 5.32 Å². The molecule has 0 radical (unpaired) electrons. The fourth-order valence-corrected chi connectivity index (χ4v) is 3.70. The van der Waals surface area contributed by atoms with E-state index in [9.17, 15) is 35.4 Å². The summed E-state index contributed by atoms with van der Waals surface area (Å²) in [5.41, 5.74) is 0. The second kappa shape index (κ2) is 12.2. The Bertz CT molecular complexity index is 577. The largest absolute Gasteiger partial charge is 0.394 e. The second-order valence-corrected chi connectivity index (χ2v) is 7.56. The van der Waals surface area contributed by atoms with E-state index < -0.39 is 80.3 Å². The van der Waals surface area contributed by atoms with Crippen LogP contribution < -0.4 is 5.32 Å². The van der Waals surface area contributed by atoms with E-state index in [1.165, 1.54) is 6.92 Å². The molecule has 0 aromatic rings. The molecule has 2 saturated heterocycles. The van der Waals surface area contributed by atoms with Gasteiger partial charge in [-0.25, -0.2) is 0 Å². The first kappa shape index (κ1) is 26.1. The molecule has 2 aliphatic rings. The van der Waals surface area contributed by atoms with Gasteiger partial charge in [-0.1, -0.05) is 6.08 Å². The maximum Gasteiger partial charge on any atom is 0.217 e. The molecule has 2 rings (SSSR count). The minimum Gasteiger partial charge on any atom is -0.394 e. The van der Waals surface area contributed by atoms with E-state index in [1.54, 1.807) is 6.08 Å². The number of aliphatic hydroxyl groups is 6. The van der Waals surface area contributed by atoms with Crippen LogP contribution in [-0.2, 0) is 23.7 Å². The Kier molecular flexibility index (Phi) is 10.2. The first-order valence-corrected chi connectivity index (χ1v) is 10.1. The van der Waals surface area contributed by atoms with Crippen molar-refractivity contribution in [3.05, 3.63) is 12.7 Å². The topological polar surface area (TPSA) is 187 Å². The van der Waals surface area contributed by atoms with Gasteiger partial charge in [-0.3, -0.25) is 4.79 Å². The third kappa shape index (κ3) is 6.42. The van der Waals surface area contributed by atoms with E-state index in [4.69, 9.17) is 18.9 Å². The normalized spacial score (nSPS) is 41.0. The van der Waals surface area contributed by atoms with Gasteiger partial charge in [0.05, 0.1) is 32.0 Å². The zero-order valence-corrected chi connectivity index (χ0v) is 17.3. The Morgan fingerprint density at radius 2 is 1.65 bits per heavy atom. The summed E-state index contributed by atoms with van der Waals surface area (Å²) >= 11 is 0. The van der Waals surface area contributed by atoms with E-state index in [1.807, 2.05) is 0 Å². The summed E-state index contributed by atoms with van der Waals surface area (Å²) in [5, 5.41) is 62.5. The Balaban J connectivity index is 2.23. The highest BCUT2D eigenvalue weighted by molar-refractivity contribution is 5.73. The molecule has 0 spiro atoms. The van der Waals surface area contributed by atoms with Crippen molar-refractivity contribution in [3.8, 4) is 0 Å². The van der Waals surface area contributed by atoms with Gasteiger partial charge >= 0.3 is 0 Å². The van der Waals surface area contributed by atoms with E-state index in [0.29, 0.717) is 6.61 Å². The van der Waals surface area contributed by atoms with Crippen LogP contribution in [0.5, 0.6) is 0 Å². The fourth-order valence-electron chi connectivity index (χ4n) is 3.70. The summed E-state index contributed by atoms with van der Waals surface area (Å²) in [5.74, 6) is -0.442. The number of aliphatic hydroxyl groups excluding tert-OH is 6. The van der Waals surface area contributed by atoms with Crippen molar-refractivity contribution < 1.29 is 54.4 Å². The van der Waals surface area contributed by atoms with Crippen LogP contribution in [0.1, 0.15) is 13.3 Å². The summed E-state index contributed by atoms with van der Waals surface area (Å²) in [6.45, 7) is 4.14. The van der Waals surface area contributed by atoms with Crippen LogP contribution in [0, 0.1) is 0 Å². The highest BCUT2D eigenvalue weighted by Gasteiger charge is 2.50. The molecule has 0 saturated carbocycles. The van der Waals surface area contributed by atoms with Crippen molar-refractivity contribution in [3.63, 3.8) is 0 Å². The van der Waals surface area contributed by atoms with Crippen molar-refractivity contribution in [2.24, 2.45) is 0 Å². The van der Waals surface area contributed by atoms with Crippen LogP contribution in [-0.4, -0.2) is 124 Å². The molecule has 0 aromatic heterocycles. The van der Waals surface area contributed by atoms with Crippen LogP contribution in [0.4, 0.5) is 0 Å². The van der Waals surface area contributed by atoms with Gasteiger partial charge in [-0.15, -0.1) is 6.58 Å². The summed E-state index contributed by atoms with van der Waals surface area (Å²) in [6, 6.07) is -0.921. The van der Waals surface area contributed by atoms with Crippen LogP contribution in [0.25, 0.3) is 0 Å². The molecule has 2 fully saturated rings. The molecule has 0 aromatic carbocycles. The Hall–Kier alpha value is -1.19. The molecule has 7 N–H and O–H groups in total. The zero-order chi connectivity index (χ0) is 23.1. The van der Waals surface area contributed by atoms with Crippen LogP contribution in [0.15, 0.2) is 12.7 Å². The van der Waals surface area contributed by atoms with Crippen molar-refractivity contribution in [1.29, 1.82) is 0 Å². The van der Waals surface area contributed by atoms with Crippen molar-refractivity contribution in [2.45, 2.75) is 74.5 Å². The highest BCUT2D eigenvalue weighted by Crippen LogP contribution is 2.30. The Labute approximate surface area is 180 Å². The molecule has 5 unspecified atom stereocenters. The Morgan fingerprint density at radius 3 is 2.23 bits per heavy atom. The standard InChI is InChI=1S/C19H33NO11/c1-3-5-28-6-4-10-13(20-9(2)23)18(15(25)12(8-22)29-10)31-19-17(27)16(26)14(24)11(7-21)30-19/h3,10-19,21-22,24-27H,1,4-8H2,2H3,(H,20,23)/t10-,11?,12-,13+,14?,15+,16?,17?,18-,19?/m1/s1. The van der Waals surface area contributed by atoms with Gasteiger partial charge in [-0.05, 0) is 6.42 Å². The summed E-state index contributed by atoms with van der Waals surface area (Å²) in [4.78, 5) is 11.8. The number of nitrogens with one attached hydrogen (secondary N) is 1. The lowest BCUT2D eigenvalue weighted by atomic mass is 9.90. The monoisotopic (exact) mass is 451 g/mol. The van der Waals surface area contributed by atoms with Crippen LogP contribution in [0.2, 0.25) is 0 Å². The van der Waals surface area contributed by atoms with E-state index >= 15 is 0 Å². The molecule has 180 valence electrons. The highest BCUT2D eigenvalue weighted by atomic mass is 16.7. The molecule has 12 heteroatoms. The number of carbonyl (C=O) groups excluding carboxylic acids is 1. The van der Waals surface area contributed by atoms with Gasteiger partial charge in [0, 0.05) is 13.5 Å². The predicted octanol–water partition coefficient (Wildman–Crippen LogP) is -3.61. The number of ether oxygens (including phenoxy) is 4. The first-order chi connectivity index (χ1) is 14.7. The van der Waals surface area contributed by atoms with Crippen LogP contribution in [0.3, 0.4) is 0 Å². The van der Waals surface area contributed by atoms with Crippen molar-refractivity contribution >= 4 is 5.91 Å². The molecule has 31 heavy (non-hydrogen) atoms. The number of hydrogen-bond donors (Lipinski definition) is 7. The SMILES string of the molecule is C=CCOCC[C@H]1O[C@H](CO)[C@H](O)[C@H](OC2OC(CO)C(O)C(O)C2O)[C@H]1NC(C)=O. The van der Waals surface area contributed by atoms with Gasteiger partial charge in [0.15, 0.2) is 6.29 Å². The molecule has 2 aliphatic heterocycles. The minimum atomic E-state index is -1.70. The van der Waals surface area contributed by atoms with Gasteiger partial charge in [-0.2, -0.15) is 0 Å². The molecule has 0 aliphatic carbocycles.